The smallest absolute Gasteiger partial charge is 0.275 e. The van der Waals surface area contributed by atoms with Crippen molar-refractivity contribution in [2.75, 3.05) is 7.05 Å². The number of carbonyl (C=O) groups is 1. The summed E-state index contributed by atoms with van der Waals surface area (Å²) in [5.41, 5.74) is 0.472. The highest BCUT2D eigenvalue weighted by molar-refractivity contribution is 7.13. The van der Waals surface area contributed by atoms with Crippen LogP contribution in [0.5, 0.6) is 0 Å². The number of nitrogens with zero attached hydrogens (tertiary/aromatic N) is 3. The minimum atomic E-state index is -0.352. The van der Waals surface area contributed by atoms with Crippen LogP contribution in [0.25, 0.3) is 21.4 Å². The lowest BCUT2D eigenvalue weighted by atomic mass is 10.1. The first-order valence-electron chi connectivity index (χ1n) is 7.89. The Kier molecular flexibility index (Phi) is 4.10. The Bertz CT molecular complexity index is 1140. The molecule has 3 heterocycles. The van der Waals surface area contributed by atoms with Crippen LogP contribution in [0, 0.1) is 0 Å². The van der Waals surface area contributed by atoms with Gasteiger partial charge in [0, 0.05) is 18.5 Å². The van der Waals surface area contributed by atoms with Crippen LogP contribution in [0.1, 0.15) is 16.2 Å². The fraction of sp³-hybridized carbons (Fsp3) is 0.111. The lowest BCUT2D eigenvalue weighted by Crippen LogP contribution is -2.29. The standard InChI is InChI=1S/C18H14N4O3S/c1-19-17(23)16-12-5-2-3-6-13(12)18(24)22(20-16)10-11-9-14(25-21-11)15-7-4-8-26-15/h2-9H,10H2,1H3,(H,19,23). The molecular weight excluding hydrogens is 352 g/mol. The second kappa shape index (κ2) is 6.57. The van der Waals surface area contributed by atoms with Crippen LogP contribution in [0.2, 0.25) is 0 Å². The van der Waals surface area contributed by atoms with Gasteiger partial charge in [0.2, 0.25) is 0 Å². The zero-order valence-corrected chi connectivity index (χ0v) is 14.6. The van der Waals surface area contributed by atoms with Crippen molar-refractivity contribution in [1.29, 1.82) is 0 Å². The largest absolute Gasteiger partial charge is 0.355 e. The minimum Gasteiger partial charge on any atom is -0.355 e. The maximum atomic E-state index is 12.7. The van der Waals surface area contributed by atoms with Crippen molar-refractivity contribution in [3.8, 4) is 10.6 Å². The number of hydrogen-bond donors (Lipinski definition) is 1. The molecule has 0 bridgehead atoms. The normalized spacial score (nSPS) is 11.0. The van der Waals surface area contributed by atoms with Crippen molar-refractivity contribution < 1.29 is 9.32 Å². The highest BCUT2D eigenvalue weighted by Gasteiger charge is 2.17. The molecule has 0 aliphatic carbocycles. The quantitative estimate of drug-likeness (QED) is 0.599. The van der Waals surface area contributed by atoms with Gasteiger partial charge >= 0.3 is 0 Å². The molecular formula is C18H14N4O3S. The predicted molar refractivity (Wildman–Crippen MR) is 98.3 cm³/mol. The van der Waals surface area contributed by atoms with E-state index in [2.05, 4.69) is 15.6 Å². The Morgan fingerprint density at radius 3 is 2.77 bits per heavy atom. The number of hydrogen-bond acceptors (Lipinski definition) is 6. The molecule has 1 N–H and O–H groups in total. The molecule has 0 unspecified atom stereocenters. The highest BCUT2D eigenvalue weighted by atomic mass is 32.1. The topological polar surface area (TPSA) is 90.0 Å². The molecule has 1 aromatic carbocycles. The number of thiophene rings is 1. The lowest BCUT2D eigenvalue weighted by molar-refractivity contribution is 0.0957. The van der Waals surface area contributed by atoms with Gasteiger partial charge in [0.15, 0.2) is 11.5 Å². The van der Waals surface area contributed by atoms with Gasteiger partial charge in [-0.15, -0.1) is 11.3 Å². The first-order valence-corrected chi connectivity index (χ1v) is 8.77. The van der Waals surface area contributed by atoms with Gasteiger partial charge in [-0.1, -0.05) is 29.4 Å². The van der Waals surface area contributed by atoms with E-state index in [-0.39, 0.29) is 23.7 Å². The summed E-state index contributed by atoms with van der Waals surface area (Å²) in [4.78, 5) is 25.9. The molecule has 4 aromatic rings. The maximum absolute atomic E-state index is 12.7. The van der Waals surface area contributed by atoms with Gasteiger partial charge in [-0.3, -0.25) is 9.59 Å². The van der Waals surface area contributed by atoms with Crippen molar-refractivity contribution in [3.05, 3.63) is 69.6 Å². The second-order valence-electron chi connectivity index (χ2n) is 5.60. The van der Waals surface area contributed by atoms with Crippen molar-refractivity contribution in [1.82, 2.24) is 20.3 Å². The van der Waals surface area contributed by atoms with Gasteiger partial charge in [0.05, 0.1) is 16.8 Å². The van der Waals surface area contributed by atoms with E-state index in [4.69, 9.17) is 4.52 Å². The third-order valence-corrected chi connectivity index (χ3v) is 4.83. The zero-order valence-electron chi connectivity index (χ0n) is 13.8. The van der Waals surface area contributed by atoms with Gasteiger partial charge in [-0.25, -0.2) is 4.68 Å². The van der Waals surface area contributed by atoms with Gasteiger partial charge in [-0.05, 0) is 17.5 Å². The third-order valence-electron chi connectivity index (χ3n) is 3.94. The molecule has 0 aliphatic rings. The maximum Gasteiger partial charge on any atom is 0.275 e. The molecule has 3 aromatic heterocycles. The molecule has 0 spiro atoms. The molecule has 7 nitrogen and oxygen atoms in total. The van der Waals surface area contributed by atoms with Crippen LogP contribution in [0.3, 0.4) is 0 Å². The number of aromatic nitrogens is 3. The summed E-state index contributed by atoms with van der Waals surface area (Å²) in [7, 11) is 1.53. The van der Waals surface area contributed by atoms with Crippen LogP contribution < -0.4 is 10.9 Å². The molecule has 0 saturated carbocycles. The van der Waals surface area contributed by atoms with E-state index < -0.39 is 0 Å². The minimum absolute atomic E-state index is 0.114. The average Bonchev–Trinajstić information content (AvgIpc) is 3.35. The zero-order chi connectivity index (χ0) is 18.1. The number of amides is 1. The van der Waals surface area contributed by atoms with Crippen molar-refractivity contribution >= 4 is 28.0 Å². The number of benzene rings is 1. The fourth-order valence-corrected chi connectivity index (χ4v) is 3.38. The second-order valence-corrected chi connectivity index (χ2v) is 6.54. The Balaban J connectivity index is 1.78. The van der Waals surface area contributed by atoms with Crippen LogP contribution in [-0.4, -0.2) is 27.9 Å². The molecule has 8 heteroatoms. The van der Waals surface area contributed by atoms with E-state index in [0.29, 0.717) is 22.2 Å². The molecule has 0 fully saturated rings. The predicted octanol–water partition coefficient (Wildman–Crippen LogP) is 2.52. The first-order chi connectivity index (χ1) is 12.7. The molecule has 0 aliphatic heterocycles. The molecule has 0 radical (unpaired) electrons. The SMILES string of the molecule is CNC(=O)c1nn(Cc2cc(-c3cccs3)on2)c(=O)c2ccccc12. The first kappa shape index (κ1) is 16.2. The van der Waals surface area contributed by atoms with E-state index in [0.717, 1.165) is 4.88 Å². The fourth-order valence-electron chi connectivity index (χ4n) is 2.70. The molecule has 130 valence electrons. The Labute approximate surface area is 151 Å². The summed E-state index contributed by atoms with van der Waals surface area (Å²) in [5.74, 6) is 0.282. The molecule has 26 heavy (non-hydrogen) atoms. The summed E-state index contributed by atoms with van der Waals surface area (Å²) < 4.78 is 6.58. The number of rotatable bonds is 4. The Hall–Kier alpha value is -3.26. The van der Waals surface area contributed by atoms with E-state index in [1.165, 1.54) is 23.1 Å². The van der Waals surface area contributed by atoms with Crippen LogP contribution >= 0.6 is 11.3 Å². The van der Waals surface area contributed by atoms with Gasteiger partial charge < -0.3 is 9.84 Å². The summed E-state index contributed by atoms with van der Waals surface area (Å²) in [6, 6.07) is 12.5. The highest BCUT2D eigenvalue weighted by Crippen LogP contribution is 2.25. The molecule has 1 amide bonds. The van der Waals surface area contributed by atoms with Gasteiger partial charge in [0.1, 0.15) is 5.69 Å². The van der Waals surface area contributed by atoms with Gasteiger partial charge in [0.25, 0.3) is 11.5 Å². The summed E-state index contributed by atoms with van der Waals surface area (Å²) in [5, 5.41) is 13.7. The summed E-state index contributed by atoms with van der Waals surface area (Å²) in [6.45, 7) is 0.114. The molecule has 4 rings (SSSR count). The van der Waals surface area contributed by atoms with E-state index >= 15 is 0 Å². The van der Waals surface area contributed by atoms with Crippen molar-refractivity contribution in [2.24, 2.45) is 0 Å². The van der Waals surface area contributed by atoms with Crippen LogP contribution in [0.4, 0.5) is 0 Å². The van der Waals surface area contributed by atoms with E-state index in [9.17, 15) is 9.59 Å². The van der Waals surface area contributed by atoms with E-state index in [1.807, 2.05) is 17.5 Å². The summed E-state index contributed by atoms with van der Waals surface area (Å²) >= 11 is 1.54. The summed E-state index contributed by atoms with van der Waals surface area (Å²) in [6.07, 6.45) is 0. The average molecular weight is 366 g/mol. The van der Waals surface area contributed by atoms with Crippen LogP contribution in [0.15, 0.2) is 57.2 Å². The Morgan fingerprint density at radius 1 is 1.23 bits per heavy atom. The van der Waals surface area contributed by atoms with Crippen molar-refractivity contribution in [2.45, 2.75) is 6.54 Å². The third kappa shape index (κ3) is 2.80. The number of nitrogens with one attached hydrogen (secondary N) is 1. The van der Waals surface area contributed by atoms with Crippen LogP contribution in [-0.2, 0) is 6.54 Å². The number of fused-ring (bicyclic) bond motifs is 1. The monoisotopic (exact) mass is 366 g/mol. The van der Waals surface area contributed by atoms with E-state index in [1.54, 1.807) is 30.3 Å². The molecule has 0 saturated heterocycles. The number of carbonyl (C=O) groups excluding carboxylic acids is 1. The molecule has 0 atom stereocenters. The van der Waals surface area contributed by atoms with Gasteiger partial charge in [-0.2, -0.15) is 5.10 Å². The Morgan fingerprint density at radius 2 is 2.04 bits per heavy atom. The van der Waals surface area contributed by atoms with Crippen molar-refractivity contribution in [3.63, 3.8) is 0 Å². The lowest BCUT2D eigenvalue weighted by Gasteiger charge is -2.09.